The van der Waals surface area contributed by atoms with E-state index in [1.165, 1.54) is 35.1 Å². The standard InChI is InChI=1S/C13H18ClIN2/c14-12-3-4-13(15)11(9-12)10-16-5-8-17-6-1-2-7-17/h3-4,9,16H,1-2,5-8,10H2. The molecule has 1 saturated heterocycles. The smallest absolute Gasteiger partial charge is 0.0409 e. The summed E-state index contributed by atoms with van der Waals surface area (Å²) >= 11 is 8.35. The molecule has 1 aliphatic rings. The Kier molecular flexibility index (Phi) is 5.53. The second kappa shape index (κ2) is 6.92. The Labute approximate surface area is 122 Å². The Morgan fingerprint density at radius 1 is 1.29 bits per heavy atom. The molecule has 0 spiro atoms. The van der Waals surface area contributed by atoms with Gasteiger partial charge in [-0.1, -0.05) is 11.6 Å². The summed E-state index contributed by atoms with van der Waals surface area (Å²) in [7, 11) is 0. The Balaban J connectivity index is 1.72. The number of rotatable bonds is 5. The first-order chi connectivity index (χ1) is 8.25. The minimum atomic E-state index is 0.821. The topological polar surface area (TPSA) is 15.3 Å². The van der Waals surface area contributed by atoms with Crippen molar-refractivity contribution in [3.63, 3.8) is 0 Å². The fourth-order valence-electron chi connectivity index (χ4n) is 2.15. The van der Waals surface area contributed by atoms with Gasteiger partial charge in [-0.05, 0) is 72.3 Å². The van der Waals surface area contributed by atoms with Gasteiger partial charge in [-0.15, -0.1) is 0 Å². The molecule has 1 aromatic carbocycles. The lowest BCUT2D eigenvalue weighted by molar-refractivity contribution is 0.335. The van der Waals surface area contributed by atoms with Gasteiger partial charge in [0, 0.05) is 28.2 Å². The highest BCUT2D eigenvalue weighted by Crippen LogP contribution is 2.17. The van der Waals surface area contributed by atoms with Crippen LogP contribution in [0.15, 0.2) is 18.2 Å². The Bertz CT molecular complexity index is 364. The van der Waals surface area contributed by atoms with E-state index in [2.05, 4.69) is 38.9 Å². The van der Waals surface area contributed by atoms with E-state index < -0.39 is 0 Å². The molecule has 17 heavy (non-hydrogen) atoms. The average Bonchev–Trinajstić information content (AvgIpc) is 2.82. The van der Waals surface area contributed by atoms with Gasteiger partial charge in [0.1, 0.15) is 0 Å². The minimum absolute atomic E-state index is 0.821. The lowest BCUT2D eigenvalue weighted by Gasteiger charge is -2.15. The summed E-state index contributed by atoms with van der Waals surface area (Å²) in [6.07, 6.45) is 2.73. The van der Waals surface area contributed by atoms with Crippen molar-refractivity contribution in [1.29, 1.82) is 0 Å². The molecule has 0 aliphatic carbocycles. The quantitative estimate of drug-likeness (QED) is 0.638. The van der Waals surface area contributed by atoms with Gasteiger partial charge in [-0.2, -0.15) is 0 Å². The number of nitrogens with one attached hydrogen (secondary N) is 1. The van der Waals surface area contributed by atoms with Crippen molar-refractivity contribution < 1.29 is 0 Å². The largest absolute Gasteiger partial charge is 0.311 e. The maximum atomic E-state index is 5.99. The summed E-state index contributed by atoms with van der Waals surface area (Å²) in [5.41, 5.74) is 1.29. The molecule has 4 heteroatoms. The number of nitrogens with zero attached hydrogens (tertiary/aromatic N) is 1. The molecule has 2 rings (SSSR count). The van der Waals surface area contributed by atoms with Gasteiger partial charge in [0.05, 0.1) is 0 Å². The molecule has 94 valence electrons. The lowest BCUT2D eigenvalue weighted by atomic mass is 10.2. The number of hydrogen-bond acceptors (Lipinski definition) is 2. The van der Waals surface area contributed by atoms with Crippen molar-refractivity contribution in [2.75, 3.05) is 26.2 Å². The highest BCUT2D eigenvalue weighted by molar-refractivity contribution is 14.1. The van der Waals surface area contributed by atoms with Crippen LogP contribution in [0, 0.1) is 3.57 Å². The molecule has 1 heterocycles. The third kappa shape index (κ3) is 4.39. The van der Waals surface area contributed by atoms with Crippen LogP contribution in [0.5, 0.6) is 0 Å². The second-order valence-electron chi connectivity index (χ2n) is 4.46. The van der Waals surface area contributed by atoms with Crippen LogP contribution in [0.1, 0.15) is 18.4 Å². The van der Waals surface area contributed by atoms with Gasteiger partial charge in [0.25, 0.3) is 0 Å². The van der Waals surface area contributed by atoms with Crippen LogP contribution < -0.4 is 5.32 Å². The van der Waals surface area contributed by atoms with Gasteiger partial charge in [0.15, 0.2) is 0 Å². The molecule has 0 radical (unpaired) electrons. The van der Waals surface area contributed by atoms with E-state index in [-0.39, 0.29) is 0 Å². The normalized spacial score (nSPS) is 16.6. The first kappa shape index (κ1) is 13.6. The molecule has 1 aromatic rings. The van der Waals surface area contributed by atoms with E-state index in [9.17, 15) is 0 Å². The first-order valence-electron chi connectivity index (χ1n) is 6.13. The van der Waals surface area contributed by atoms with Crippen molar-refractivity contribution in [3.8, 4) is 0 Å². The first-order valence-corrected chi connectivity index (χ1v) is 7.58. The fraction of sp³-hybridized carbons (Fsp3) is 0.538. The van der Waals surface area contributed by atoms with E-state index >= 15 is 0 Å². The van der Waals surface area contributed by atoms with Crippen LogP contribution in [-0.2, 0) is 6.54 Å². The number of halogens is 2. The number of likely N-dealkylation sites (tertiary alicyclic amines) is 1. The van der Waals surface area contributed by atoms with Crippen molar-refractivity contribution in [1.82, 2.24) is 10.2 Å². The van der Waals surface area contributed by atoms with Gasteiger partial charge in [-0.3, -0.25) is 0 Å². The second-order valence-corrected chi connectivity index (χ2v) is 6.06. The number of hydrogen-bond donors (Lipinski definition) is 1. The minimum Gasteiger partial charge on any atom is -0.311 e. The molecule has 0 unspecified atom stereocenters. The third-order valence-corrected chi connectivity index (χ3v) is 4.41. The maximum Gasteiger partial charge on any atom is 0.0409 e. The SMILES string of the molecule is Clc1ccc(I)c(CNCCN2CCCC2)c1. The zero-order chi connectivity index (χ0) is 12.1. The molecular formula is C13H18ClIN2. The summed E-state index contributed by atoms with van der Waals surface area (Å²) in [6, 6.07) is 6.06. The van der Waals surface area contributed by atoms with Gasteiger partial charge in [0.2, 0.25) is 0 Å². The lowest BCUT2D eigenvalue weighted by Crippen LogP contribution is -2.29. The Morgan fingerprint density at radius 2 is 2.06 bits per heavy atom. The monoisotopic (exact) mass is 364 g/mol. The molecule has 0 atom stereocenters. The zero-order valence-corrected chi connectivity index (χ0v) is 12.8. The van der Waals surface area contributed by atoms with Crippen LogP contribution in [-0.4, -0.2) is 31.1 Å². The van der Waals surface area contributed by atoms with E-state index in [0.717, 1.165) is 24.7 Å². The third-order valence-electron chi connectivity index (χ3n) is 3.13. The molecule has 1 fully saturated rings. The van der Waals surface area contributed by atoms with E-state index in [4.69, 9.17) is 11.6 Å². The molecule has 0 bridgehead atoms. The number of benzene rings is 1. The molecular weight excluding hydrogens is 347 g/mol. The molecule has 1 aliphatic heterocycles. The van der Waals surface area contributed by atoms with E-state index in [1.54, 1.807) is 0 Å². The predicted molar refractivity (Wildman–Crippen MR) is 81.5 cm³/mol. The Morgan fingerprint density at radius 3 is 2.82 bits per heavy atom. The van der Waals surface area contributed by atoms with Gasteiger partial charge in [-0.25, -0.2) is 0 Å². The predicted octanol–water partition coefficient (Wildman–Crippen LogP) is 3.13. The van der Waals surface area contributed by atoms with Crippen LogP contribution in [0.25, 0.3) is 0 Å². The van der Waals surface area contributed by atoms with Crippen molar-refractivity contribution in [2.24, 2.45) is 0 Å². The molecule has 0 aromatic heterocycles. The summed E-state index contributed by atoms with van der Waals surface area (Å²) < 4.78 is 1.28. The van der Waals surface area contributed by atoms with E-state index in [1.807, 2.05) is 12.1 Å². The fourth-order valence-corrected chi connectivity index (χ4v) is 2.87. The highest BCUT2D eigenvalue weighted by Gasteiger charge is 2.10. The van der Waals surface area contributed by atoms with Crippen molar-refractivity contribution >= 4 is 34.2 Å². The summed E-state index contributed by atoms with van der Waals surface area (Å²) in [5.74, 6) is 0. The molecule has 0 amide bonds. The van der Waals surface area contributed by atoms with Crippen LogP contribution >= 0.6 is 34.2 Å². The molecule has 2 nitrogen and oxygen atoms in total. The molecule has 0 saturated carbocycles. The molecule has 1 N–H and O–H groups in total. The zero-order valence-electron chi connectivity index (χ0n) is 9.88. The summed E-state index contributed by atoms with van der Waals surface area (Å²) in [5, 5.41) is 4.31. The van der Waals surface area contributed by atoms with Crippen molar-refractivity contribution in [2.45, 2.75) is 19.4 Å². The van der Waals surface area contributed by atoms with E-state index in [0.29, 0.717) is 0 Å². The van der Waals surface area contributed by atoms with Gasteiger partial charge >= 0.3 is 0 Å². The van der Waals surface area contributed by atoms with Crippen LogP contribution in [0.3, 0.4) is 0 Å². The summed E-state index contributed by atoms with van der Waals surface area (Å²) in [6.45, 7) is 5.68. The summed E-state index contributed by atoms with van der Waals surface area (Å²) in [4.78, 5) is 2.52. The maximum absolute atomic E-state index is 5.99. The Hall–Kier alpha value is 0.160. The van der Waals surface area contributed by atoms with Gasteiger partial charge < -0.3 is 10.2 Å². The van der Waals surface area contributed by atoms with Crippen molar-refractivity contribution in [3.05, 3.63) is 32.4 Å². The highest BCUT2D eigenvalue weighted by atomic mass is 127. The van der Waals surface area contributed by atoms with Crippen LogP contribution in [0.4, 0.5) is 0 Å². The van der Waals surface area contributed by atoms with Crippen LogP contribution in [0.2, 0.25) is 5.02 Å². The average molecular weight is 365 g/mol.